The Hall–Kier alpha value is -0.800. The third-order valence-electron chi connectivity index (χ3n) is 2.46. The van der Waals surface area contributed by atoms with E-state index in [4.69, 9.17) is 0 Å². The average Bonchev–Trinajstić information content (AvgIpc) is 2.24. The molecule has 0 bridgehead atoms. The lowest BCUT2D eigenvalue weighted by atomic mass is 10.1. The molecule has 0 unspecified atom stereocenters. The second-order valence-electron chi connectivity index (χ2n) is 5.46. The SMILES string of the molecule is C[SH](C)C(=O)c1ccccc1CNC(C)(C)C. The smallest absolute Gasteiger partial charge is 0.199 e. The fourth-order valence-electron chi connectivity index (χ4n) is 1.48. The molecule has 1 rings (SSSR count). The van der Waals surface area contributed by atoms with Crippen molar-refractivity contribution in [2.45, 2.75) is 32.9 Å². The van der Waals surface area contributed by atoms with E-state index in [2.05, 4.69) is 26.1 Å². The monoisotopic (exact) mass is 253 g/mol. The molecule has 0 amide bonds. The summed E-state index contributed by atoms with van der Waals surface area (Å²) in [6.07, 6.45) is 4.01. The van der Waals surface area contributed by atoms with Gasteiger partial charge in [-0.1, -0.05) is 24.3 Å². The van der Waals surface area contributed by atoms with E-state index in [0.717, 1.165) is 17.7 Å². The van der Waals surface area contributed by atoms with Gasteiger partial charge in [0.1, 0.15) is 0 Å². The molecular formula is C14H23NOS. The van der Waals surface area contributed by atoms with E-state index >= 15 is 0 Å². The number of carbonyl (C=O) groups is 1. The van der Waals surface area contributed by atoms with Gasteiger partial charge in [-0.15, -0.1) is 0 Å². The Morgan fingerprint density at radius 3 is 2.35 bits per heavy atom. The summed E-state index contributed by atoms with van der Waals surface area (Å²) in [7, 11) is -0.560. The maximum atomic E-state index is 12.1. The number of carbonyl (C=O) groups excluding carboxylic acids is 1. The van der Waals surface area contributed by atoms with Gasteiger partial charge in [-0.25, -0.2) is 0 Å². The molecule has 1 N–H and O–H groups in total. The molecule has 2 nitrogen and oxygen atoms in total. The first-order valence-corrected chi connectivity index (χ1v) is 8.09. The lowest BCUT2D eigenvalue weighted by Crippen LogP contribution is -2.35. The fraction of sp³-hybridized carbons (Fsp3) is 0.500. The molecule has 0 spiro atoms. The first kappa shape index (κ1) is 14.3. The van der Waals surface area contributed by atoms with E-state index in [9.17, 15) is 4.79 Å². The van der Waals surface area contributed by atoms with E-state index in [1.165, 1.54) is 0 Å². The van der Waals surface area contributed by atoms with E-state index in [-0.39, 0.29) is 10.7 Å². The summed E-state index contributed by atoms with van der Waals surface area (Å²) >= 11 is 0. The summed E-state index contributed by atoms with van der Waals surface area (Å²) in [5.74, 6) is 0. The third kappa shape index (κ3) is 4.52. The van der Waals surface area contributed by atoms with Gasteiger partial charge in [-0.05, 0) is 38.8 Å². The number of nitrogens with one attached hydrogen (secondary N) is 1. The molecule has 0 aliphatic heterocycles. The van der Waals surface area contributed by atoms with Crippen molar-refractivity contribution in [2.75, 3.05) is 12.5 Å². The molecule has 3 heteroatoms. The minimum Gasteiger partial charge on any atom is -0.308 e. The highest BCUT2D eigenvalue weighted by Gasteiger charge is 2.14. The van der Waals surface area contributed by atoms with E-state index in [0.29, 0.717) is 0 Å². The highest BCUT2D eigenvalue weighted by molar-refractivity contribution is 8.29. The predicted molar refractivity (Wildman–Crippen MR) is 78.2 cm³/mol. The Morgan fingerprint density at radius 2 is 1.82 bits per heavy atom. The van der Waals surface area contributed by atoms with Gasteiger partial charge in [0.05, 0.1) is 0 Å². The van der Waals surface area contributed by atoms with Crippen LogP contribution in [0.25, 0.3) is 0 Å². The predicted octanol–water partition coefficient (Wildman–Crippen LogP) is 2.98. The molecule has 0 saturated carbocycles. The van der Waals surface area contributed by atoms with Gasteiger partial charge in [-0.3, -0.25) is 4.79 Å². The van der Waals surface area contributed by atoms with E-state index < -0.39 is 10.9 Å². The van der Waals surface area contributed by atoms with Gasteiger partial charge < -0.3 is 5.32 Å². The quantitative estimate of drug-likeness (QED) is 0.811. The molecule has 0 saturated heterocycles. The van der Waals surface area contributed by atoms with Crippen LogP contribution in [0.2, 0.25) is 0 Å². The van der Waals surface area contributed by atoms with Crippen molar-refractivity contribution in [1.29, 1.82) is 0 Å². The first-order chi connectivity index (χ1) is 7.81. The van der Waals surface area contributed by atoms with Gasteiger partial charge in [0.2, 0.25) is 0 Å². The molecule has 0 aliphatic carbocycles. The van der Waals surface area contributed by atoms with Crippen LogP contribution in [0.4, 0.5) is 0 Å². The third-order valence-corrected chi connectivity index (χ3v) is 3.52. The Kier molecular flexibility index (Phi) is 4.78. The molecule has 0 aromatic heterocycles. The average molecular weight is 253 g/mol. The minimum absolute atomic E-state index is 0.0688. The summed E-state index contributed by atoms with van der Waals surface area (Å²) in [6, 6.07) is 7.89. The van der Waals surface area contributed by atoms with Crippen molar-refractivity contribution in [2.24, 2.45) is 0 Å². The summed E-state index contributed by atoms with van der Waals surface area (Å²) < 4.78 is 0. The van der Waals surface area contributed by atoms with Crippen LogP contribution in [0.15, 0.2) is 24.3 Å². The zero-order chi connectivity index (χ0) is 13.1. The first-order valence-electron chi connectivity index (χ1n) is 5.86. The van der Waals surface area contributed by atoms with Crippen LogP contribution in [0.3, 0.4) is 0 Å². The van der Waals surface area contributed by atoms with Crippen molar-refractivity contribution < 1.29 is 4.79 Å². The second kappa shape index (κ2) is 5.69. The van der Waals surface area contributed by atoms with Gasteiger partial charge >= 0.3 is 0 Å². The number of thiol groups is 1. The lowest BCUT2D eigenvalue weighted by molar-refractivity contribution is 0.108. The van der Waals surface area contributed by atoms with Gasteiger partial charge in [0.15, 0.2) is 5.12 Å². The highest BCUT2D eigenvalue weighted by atomic mass is 32.2. The second-order valence-corrected chi connectivity index (χ2v) is 7.66. The van der Waals surface area contributed by atoms with Crippen LogP contribution >= 0.6 is 10.9 Å². The Labute approximate surface area is 107 Å². The van der Waals surface area contributed by atoms with Crippen molar-refractivity contribution in [3.05, 3.63) is 35.4 Å². The molecule has 0 radical (unpaired) electrons. The molecule has 0 fully saturated rings. The summed E-state index contributed by atoms with van der Waals surface area (Å²) in [5, 5.41) is 3.71. The van der Waals surface area contributed by atoms with Gasteiger partial charge in [0.25, 0.3) is 0 Å². The lowest BCUT2D eigenvalue weighted by Gasteiger charge is -2.22. The van der Waals surface area contributed by atoms with Crippen molar-refractivity contribution in [3.63, 3.8) is 0 Å². The zero-order valence-electron chi connectivity index (χ0n) is 11.4. The van der Waals surface area contributed by atoms with Crippen molar-refractivity contribution in [3.8, 4) is 0 Å². The Balaban J connectivity index is 2.89. The maximum absolute atomic E-state index is 12.1. The molecule has 17 heavy (non-hydrogen) atoms. The number of rotatable bonds is 3. The van der Waals surface area contributed by atoms with E-state index in [1.807, 2.05) is 36.8 Å². The molecule has 1 aromatic carbocycles. The van der Waals surface area contributed by atoms with Gasteiger partial charge in [0, 0.05) is 17.6 Å². The van der Waals surface area contributed by atoms with E-state index in [1.54, 1.807) is 0 Å². The van der Waals surface area contributed by atoms with Crippen LogP contribution < -0.4 is 5.32 Å². The molecule has 0 heterocycles. The molecule has 0 atom stereocenters. The summed E-state index contributed by atoms with van der Waals surface area (Å²) in [4.78, 5) is 12.1. The summed E-state index contributed by atoms with van der Waals surface area (Å²) in [6.45, 7) is 7.13. The topological polar surface area (TPSA) is 29.1 Å². The largest absolute Gasteiger partial charge is 0.308 e. The van der Waals surface area contributed by atoms with Crippen LogP contribution in [-0.2, 0) is 6.54 Å². The Morgan fingerprint density at radius 1 is 1.24 bits per heavy atom. The minimum atomic E-state index is -0.560. The molecular weight excluding hydrogens is 230 g/mol. The maximum Gasteiger partial charge on any atom is 0.199 e. The summed E-state index contributed by atoms with van der Waals surface area (Å²) in [5.41, 5.74) is 2.04. The van der Waals surface area contributed by atoms with Crippen molar-refractivity contribution in [1.82, 2.24) is 5.32 Å². The number of hydrogen-bond acceptors (Lipinski definition) is 2. The molecule has 96 valence electrons. The molecule has 0 aliphatic rings. The number of hydrogen-bond donors (Lipinski definition) is 2. The van der Waals surface area contributed by atoms with Crippen LogP contribution in [0.5, 0.6) is 0 Å². The standard InChI is InChI=1S/C14H23NOS/c1-14(2,3)15-10-11-8-6-7-9-12(11)13(16)17(4)5/h6-9,15,17H,10H2,1-5H3. The normalized spacial score (nSPS) is 12.4. The van der Waals surface area contributed by atoms with Gasteiger partial charge in [-0.2, -0.15) is 10.9 Å². The Bertz CT molecular complexity index is 393. The number of benzene rings is 1. The van der Waals surface area contributed by atoms with Crippen LogP contribution in [-0.4, -0.2) is 23.2 Å². The zero-order valence-corrected chi connectivity index (χ0v) is 12.3. The van der Waals surface area contributed by atoms with Crippen LogP contribution in [0, 0.1) is 0 Å². The van der Waals surface area contributed by atoms with Crippen molar-refractivity contribution >= 4 is 16.0 Å². The van der Waals surface area contributed by atoms with Crippen LogP contribution in [0.1, 0.15) is 36.7 Å². The highest BCUT2D eigenvalue weighted by Crippen LogP contribution is 2.24. The fourth-order valence-corrected chi connectivity index (χ4v) is 2.18. The molecule has 1 aromatic rings.